The van der Waals surface area contributed by atoms with Gasteiger partial charge in [-0.15, -0.1) is 0 Å². The highest BCUT2D eigenvalue weighted by molar-refractivity contribution is 6.74. The van der Waals surface area contributed by atoms with Crippen molar-refractivity contribution in [3.8, 4) is 0 Å². The van der Waals surface area contributed by atoms with Crippen molar-refractivity contribution in [2.45, 2.75) is 64.4 Å². The number of rotatable bonds is 4. The van der Waals surface area contributed by atoms with E-state index in [1.807, 2.05) is 4.90 Å². The number of hydrogen-bond donors (Lipinski definition) is 0. The summed E-state index contributed by atoms with van der Waals surface area (Å²) in [6, 6.07) is 0.287. The normalized spacial score (nSPS) is 27.8. The van der Waals surface area contributed by atoms with Crippen molar-refractivity contribution < 1.29 is 9.22 Å². The van der Waals surface area contributed by atoms with E-state index in [0.29, 0.717) is 0 Å². The van der Waals surface area contributed by atoms with Crippen LogP contribution in [0.3, 0.4) is 0 Å². The molecule has 0 aromatic heterocycles. The monoisotopic (exact) mass is 293 g/mol. The zero-order valence-corrected chi connectivity index (χ0v) is 14.6. The van der Waals surface area contributed by atoms with Crippen molar-refractivity contribution in [2.24, 2.45) is 5.92 Å². The van der Waals surface area contributed by atoms with Crippen molar-refractivity contribution in [3.63, 3.8) is 0 Å². The number of nitrogens with zero attached hydrogens (tertiary/aromatic N) is 1. The molecule has 2 heterocycles. The van der Waals surface area contributed by atoms with Crippen molar-refractivity contribution >= 4 is 14.2 Å². The van der Waals surface area contributed by atoms with Gasteiger partial charge >= 0.3 is 0 Å². The zero-order valence-electron chi connectivity index (χ0n) is 13.6. The summed E-state index contributed by atoms with van der Waals surface area (Å²) in [5.74, 6) is 0.211. The third-order valence-electron chi connectivity index (χ3n) is 5.12. The molecule has 0 aromatic carbocycles. The Balaban J connectivity index is 2.05. The molecular weight excluding hydrogens is 266 g/mol. The molecule has 2 aliphatic heterocycles. The Morgan fingerprint density at radius 2 is 2.10 bits per heavy atom. The lowest BCUT2D eigenvalue weighted by molar-refractivity contribution is -0.156. The molecule has 0 bridgehead atoms. The second kappa shape index (κ2) is 4.85. The number of hydrogen-bond acceptors (Lipinski definition) is 2. The number of β-lactam (4-membered cyclic amide) rings is 1. The van der Waals surface area contributed by atoms with Gasteiger partial charge < -0.3 is 9.33 Å². The number of carbonyl (C=O) groups excluding carboxylic acids is 1. The first-order valence-electron chi connectivity index (χ1n) is 7.43. The van der Waals surface area contributed by atoms with Crippen LogP contribution < -0.4 is 0 Å². The first-order chi connectivity index (χ1) is 9.10. The molecule has 1 fully saturated rings. The average Bonchev–Trinajstić information content (AvgIpc) is 2.65. The van der Waals surface area contributed by atoms with Gasteiger partial charge in [0.15, 0.2) is 8.32 Å². The minimum atomic E-state index is -1.82. The summed E-state index contributed by atoms with van der Waals surface area (Å²) in [6.07, 6.45) is 4.81. The van der Waals surface area contributed by atoms with E-state index in [1.54, 1.807) is 6.08 Å². The van der Waals surface area contributed by atoms with Gasteiger partial charge in [0.25, 0.3) is 0 Å². The van der Waals surface area contributed by atoms with Gasteiger partial charge in [-0.05, 0) is 37.6 Å². The molecule has 2 rings (SSSR count). The Kier molecular flexibility index (Phi) is 3.76. The molecule has 0 saturated carbocycles. The van der Waals surface area contributed by atoms with Gasteiger partial charge in [0.05, 0.1) is 18.1 Å². The predicted octanol–water partition coefficient (Wildman–Crippen LogP) is 3.70. The molecule has 2 aliphatic rings. The Labute approximate surface area is 123 Å². The Morgan fingerprint density at radius 1 is 1.50 bits per heavy atom. The highest BCUT2D eigenvalue weighted by Gasteiger charge is 2.54. The van der Waals surface area contributed by atoms with E-state index >= 15 is 0 Å². The predicted molar refractivity (Wildman–Crippen MR) is 84.8 cm³/mol. The maximum absolute atomic E-state index is 12.4. The van der Waals surface area contributed by atoms with Gasteiger partial charge in [-0.1, -0.05) is 33.4 Å². The van der Waals surface area contributed by atoms with E-state index in [2.05, 4.69) is 53.4 Å². The molecule has 112 valence electrons. The Morgan fingerprint density at radius 3 is 2.60 bits per heavy atom. The minimum Gasteiger partial charge on any atom is -0.413 e. The molecule has 20 heavy (non-hydrogen) atoms. The number of allylic oxidation sites excluding steroid dienone is 1. The van der Waals surface area contributed by atoms with Crippen molar-refractivity contribution in [3.05, 3.63) is 24.4 Å². The molecule has 0 N–H and O–H groups in total. The summed E-state index contributed by atoms with van der Waals surface area (Å²) in [6.45, 7) is 17.0. The molecule has 1 amide bonds. The van der Waals surface area contributed by atoms with E-state index in [4.69, 9.17) is 4.43 Å². The molecule has 3 atom stereocenters. The van der Waals surface area contributed by atoms with Crippen LogP contribution in [0.5, 0.6) is 0 Å². The third kappa shape index (κ3) is 2.29. The molecular formula is C16H27NO2Si. The fourth-order valence-electron chi connectivity index (χ4n) is 2.89. The second-order valence-electron chi connectivity index (χ2n) is 7.45. The summed E-state index contributed by atoms with van der Waals surface area (Å²) in [5, 5.41) is 0.175. The SMILES string of the molecule is C=CC1=CC[C@@H]2[C@@H]([C@@H](C)O[Si](C)(C)C(C)(C)C)C(=O)N12. The van der Waals surface area contributed by atoms with Crippen LogP contribution in [0.2, 0.25) is 18.1 Å². The fourth-order valence-corrected chi connectivity index (χ4v) is 4.32. The topological polar surface area (TPSA) is 29.5 Å². The van der Waals surface area contributed by atoms with Crippen LogP contribution in [0.4, 0.5) is 0 Å². The molecule has 0 unspecified atom stereocenters. The Bertz CT molecular complexity index is 462. The van der Waals surface area contributed by atoms with Crippen molar-refractivity contribution in [2.75, 3.05) is 0 Å². The molecule has 0 spiro atoms. The lowest BCUT2D eigenvalue weighted by Gasteiger charge is -2.49. The number of fused-ring (bicyclic) bond motifs is 1. The van der Waals surface area contributed by atoms with Crippen LogP contribution in [-0.2, 0) is 9.22 Å². The largest absolute Gasteiger partial charge is 0.413 e. The van der Waals surface area contributed by atoms with E-state index in [0.717, 1.165) is 12.1 Å². The first-order valence-corrected chi connectivity index (χ1v) is 10.3. The third-order valence-corrected chi connectivity index (χ3v) is 9.69. The summed E-state index contributed by atoms with van der Waals surface area (Å²) in [5.41, 5.74) is 0.968. The smallest absolute Gasteiger partial charge is 0.235 e. The summed E-state index contributed by atoms with van der Waals surface area (Å²) >= 11 is 0. The molecule has 0 aliphatic carbocycles. The number of carbonyl (C=O) groups is 1. The Hall–Kier alpha value is -0.873. The zero-order chi connectivity index (χ0) is 15.3. The standard InChI is InChI=1S/C16H27NO2Si/c1-8-12-9-10-13-14(15(18)17(12)13)11(2)19-20(6,7)16(3,4)5/h8-9,11,13-14H,1,10H2,2-7H3/t11-,13-,14-/m1/s1. The van der Waals surface area contributed by atoms with Crippen LogP contribution in [0.1, 0.15) is 34.1 Å². The quantitative estimate of drug-likeness (QED) is 0.584. The van der Waals surface area contributed by atoms with E-state index in [1.165, 1.54) is 0 Å². The molecule has 0 radical (unpaired) electrons. The minimum absolute atomic E-state index is 0.00204. The van der Waals surface area contributed by atoms with Crippen molar-refractivity contribution in [1.82, 2.24) is 4.90 Å². The maximum Gasteiger partial charge on any atom is 0.235 e. The van der Waals surface area contributed by atoms with Crippen LogP contribution in [0, 0.1) is 5.92 Å². The molecule has 1 saturated heterocycles. The molecule has 3 nitrogen and oxygen atoms in total. The van der Waals surface area contributed by atoms with E-state index in [9.17, 15) is 4.79 Å². The van der Waals surface area contributed by atoms with Gasteiger partial charge in [0.1, 0.15) is 0 Å². The lowest BCUT2D eigenvalue weighted by Crippen LogP contribution is -2.63. The van der Waals surface area contributed by atoms with Crippen LogP contribution >= 0.6 is 0 Å². The van der Waals surface area contributed by atoms with Gasteiger partial charge in [-0.25, -0.2) is 0 Å². The van der Waals surface area contributed by atoms with Gasteiger partial charge in [0, 0.05) is 5.70 Å². The van der Waals surface area contributed by atoms with E-state index < -0.39 is 8.32 Å². The second-order valence-corrected chi connectivity index (χ2v) is 12.2. The van der Waals surface area contributed by atoms with Crippen LogP contribution in [0.15, 0.2) is 24.4 Å². The highest BCUT2D eigenvalue weighted by atomic mass is 28.4. The van der Waals surface area contributed by atoms with Gasteiger partial charge in [-0.3, -0.25) is 4.79 Å². The molecule has 4 heteroatoms. The summed E-state index contributed by atoms with van der Waals surface area (Å²) < 4.78 is 6.40. The van der Waals surface area contributed by atoms with Gasteiger partial charge in [-0.2, -0.15) is 0 Å². The van der Waals surface area contributed by atoms with Crippen LogP contribution in [-0.4, -0.2) is 31.3 Å². The highest BCUT2D eigenvalue weighted by Crippen LogP contribution is 2.44. The van der Waals surface area contributed by atoms with Crippen molar-refractivity contribution in [1.29, 1.82) is 0 Å². The first kappa shape index (κ1) is 15.5. The van der Waals surface area contributed by atoms with Gasteiger partial charge in [0.2, 0.25) is 5.91 Å². The fraction of sp³-hybridized carbons (Fsp3) is 0.688. The van der Waals surface area contributed by atoms with E-state index in [-0.39, 0.29) is 29.0 Å². The summed E-state index contributed by atoms with van der Waals surface area (Å²) in [4.78, 5) is 14.2. The summed E-state index contributed by atoms with van der Waals surface area (Å²) in [7, 11) is -1.82. The van der Waals surface area contributed by atoms with Crippen LogP contribution in [0.25, 0.3) is 0 Å². The lowest BCUT2D eigenvalue weighted by atomic mass is 9.83. The maximum atomic E-state index is 12.4. The molecule has 0 aromatic rings. The average molecular weight is 293 g/mol. The number of amides is 1.